The molecule has 1 aromatic carbocycles. The van der Waals surface area contributed by atoms with E-state index in [4.69, 9.17) is 11.6 Å². The van der Waals surface area contributed by atoms with Crippen molar-refractivity contribution in [2.75, 3.05) is 6.54 Å². The molecule has 19 heavy (non-hydrogen) atoms. The lowest BCUT2D eigenvalue weighted by Crippen LogP contribution is -2.34. The first-order valence-electron chi connectivity index (χ1n) is 6.30. The van der Waals surface area contributed by atoms with Gasteiger partial charge >= 0.3 is 0 Å². The van der Waals surface area contributed by atoms with Gasteiger partial charge in [0.05, 0.1) is 12.6 Å². The Balaban J connectivity index is 1.83. The van der Waals surface area contributed by atoms with E-state index in [1.165, 1.54) is 0 Å². The van der Waals surface area contributed by atoms with Crippen LogP contribution in [0.4, 0.5) is 0 Å². The van der Waals surface area contributed by atoms with Crippen LogP contribution in [0.25, 0.3) is 0 Å². The Morgan fingerprint density at radius 1 is 1.37 bits per heavy atom. The van der Waals surface area contributed by atoms with E-state index in [2.05, 4.69) is 17.3 Å². The highest BCUT2D eigenvalue weighted by molar-refractivity contribution is 6.31. The van der Waals surface area contributed by atoms with E-state index in [-0.39, 0.29) is 6.04 Å². The van der Waals surface area contributed by atoms with Crippen molar-refractivity contribution >= 4 is 11.6 Å². The van der Waals surface area contributed by atoms with Crippen molar-refractivity contribution in [3.05, 3.63) is 53.3 Å². The van der Waals surface area contributed by atoms with Crippen LogP contribution in [-0.2, 0) is 6.54 Å². The van der Waals surface area contributed by atoms with Crippen LogP contribution < -0.4 is 5.32 Å². The lowest BCUT2D eigenvalue weighted by Gasteiger charge is -2.18. The molecule has 102 valence electrons. The van der Waals surface area contributed by atoms with E-state index >= 15 is 0 Å². The molecular weight excluding hydrogens is 262 g/mol. The van der Waals surface area contributed by atoms with Crippen LogP contribution in [0.2, 0.25) is 5.02 Å². The summed E-state index contributed by atoms with van der Waals surface area (Å²) in [5.41, 5.74) is 0.753. The zero-order chi connectivity index (χ0) is 13.7. The fourth-order valence-electron chi connectivity index (χ4n) is 1.92. The standard InChI is InChI=1S/C14H18ClN3O/c1-11(10-18-8-4-7-17-18)16-9-14(19)12-5-2-3-6-13(12)15/h2-8,11,14,16,19H,9-10H2,1H3. The summed E-state index contributed by atoms with van der Waals surface area (Å²) in [5, 5.41) is 18.1. The minimum absolute atomic E-state index is 0.219. The van der Waals surface area contributed by atoms with Crippen molar-refractivity contribution in [2.24, 2.45) is 0 Å². The highest BCUT2D eigenvalue weighted by Crippen LogP contribution is 2.21. The molecule has 0 spiro atoms. The summed E-state index contributed by atoms with van der Waals surface area (Å²) in [7, 11) is 0. The molecule has 0 fully saturated rings. The Labute approximate surface area is 118 Å². The van der Waals surface area contributed by atoms with Crippen molar-refractivity contribution in [2.45, 2.75) is 25.6 Å². The summed E-state index contributed by atoms with van der Waals surface area (Å²) in [5.74, 6) is 0. The maximum Gasteiger partial charge on any atom is 0.0928 e. The Kier molecular flexibility index (Phi) is 4.96. The Morgan fingerprint density at radius 2 is 2.16 bits per heavy atom. The van der Waals surface area contributed by atoms with Gasteiger partial charge in [0.15, 0.2) is 0 Å². The molecule has 2 atom stereocenters. The zero-order valence-electron chi connectivity index (χ0n) is 10.8. The molecule has 0 saturated carbocycles. The third-order valence-electron chi connectivity index (χ3n) is 2.94. The van der Waals surface area contributed by atoms with Crippen molar-refractivity contribution < 1.29 is 5.11 Å². The second-order valence-electron chi connectivity index (χ2n) is 4.57. The molecule has 0 aliphatic rings. The van der Waals surface area contributed by atoms with Gasteiger partial charge in [0.2, 0.25) is 0 Å². The molecule has 0 amide bonds. The van der Waals surface area contributed by atoms with Crippen LogP contribution in [-0.4, -0.2) is 27.5 Å². The monoisotopic (exact) mass is 279 g/mol. The summed E-state index contributed by atoms with van der Waals surface area (Å²) in [6.45, 7) is 3.29. The number of aromatic nitrogens is 2. The maximum absolute atomic E-state index is 10.1. The van der Waals surface area contributed by atoms with Gasteiger partial charge in [0.1, 0.15) is 0 Å². The number of aliphatic hydroxyl groups excluding tert-OH is 1. The summed E-state index contributed by atoms with van der Waals surface area (Å²) in [4.78, 5) is 0. The van der Waals surface area contributed by atoms with E-state index in [9.17, 15) is 5.11 Å². The average molecular weight is 280 g/mol. The Hall–Kier alpha value is -1.36. The molecule has 4 nitrogen and oxygen atoms in total. The van der Waals surface area contributed by atoms with Gasteiger partial charge in [-0.15, -0.1) is 0 Å². The third-order valence-corrected chi connectivity index (χ3v) is 3.29. The van der Waals surface area contributed by atoms with Crippen LogP contribution in [0.1, 0.15) is 18.6 Å². The van der Waals surface area contributed by atoms with Gasteiger partial charge in [-0.05, 0) is 19.1 Å². The van der Waals surface area contributed by atoms with E-state index < -0.39 is 6.10 Å². The van der Waals surface area contributed by atoms with Crippen LogP contribution in [0.3, 0.4) is 0 Å². The second-order valence-corrected chi connectivity index (χ2v) is 4.98. The molecule has 0 bridgehead atoms. The fourth-order valence-corrected chi connectivity index (χ4v) is 2.18. The highest BCUT2D eigenvalue weighted by atomic mass is 35.5. The number of hydrogen-bond acceptors (Lipinski definition) is 3. The van der Waals surface area contributed by atoms with Gasteiger partial charge in [0, 0.05) is 35.6 Å². The van der Waals surface area contributed by atoms with E-state index in [1.54, 1.807) is 12.3 Å². The molecule has 0 aliphatic heterocycles. The number of hydrogen-bond donors (Lipinski definition) is 2. The van der Waals surface area contributed by atoms with Gasteiger partial charge < -0.3 is 10.4 Å². The fraction of sp³-hybridized carbons (Fsp3) is 0.357. The average Bonchev–Trinajstić information content (AvgIpc) is 2.89. The number of benzene rings is 1. The summed E-state index contributed by atoms with van der Waals surface area (Å²) in [6.07, 6.45) is 3.07. The molecule has 2 aromatic rings. The number of rotatable bonds is 6. The molecule has 0 saturated heterocycles. The quantitative estimate of drug-likeness (QED) is 0.853. The smallest absolute Gasteiger partial charge is 0.0928 e. The van der Waals surface area contributed by atoms with Crippen molar-refractivity contribution in [1.82, 2.24) is 15.1 Å². The van der Waals surface area contributed by atoms with Gasteiger partial charge in [-0.1, -0.05) is 29.8 Å². The third kappa shape index (κ3) is 4.06. The van der Waals surface area contributed by atoms with Crippen molar-refractivity contribution in [3.8, 4) is 0 Å². The molecule has 1 heterocycles. The van der Waals surface area contributed by atoms with Crippen molar-refractivity contribution in [1.29, 1.82) is 0 Å². The highest BCUT2D eigenvalue weighted by Gasteiger charge is 2.12. The van der Waals surface area contributed by atoms with Crippen LogP contribution in [0.15, 0.2) is 42.7 Å². The van der Waals surface area contributed by atoms with Crippen LogP contribution in [0, 0.1) is 0 Å². The first kappa shape index (κ1) is 14.1. The maximum atomic E-state index is 10.1. The zero-order valence-corrected chi connectivity index (χ0v) is 11.6. The predicted octanol–water partition coefficient (Wildman–Crippen LogP) is 2.25. The molecule has 2 rings (SSSR count). The number of nitrogens with zero attached hydrogens (tertiary/aromatic N) is 2. The number of halogens is 1. The molecule has 2 N–H and O–H groups in total. The summed E-state index contributed by atoms with van der Waals surface area (Å²) >= 11 is 6.05. The summed E-state index contributed by atoms with van der Waals surface area (Å²) < 4.78 is 1.86. The van der Waals surface area contributed by atoms with Crippen LogP contribution in [0.5, 0.6) is 0 Å². The number of aliphatic hydroxyl groups is 1. The van der Waals surface area contributed by atoms with E-state index in [1.807, 2.05) is 35.1 Å². The molecule has 2 unspecified atom stereocenters. The topological polar surface area (TPSA) is 50.1 Å². The van der Waals surface area contributed by atoms with Gasteiger partial charge in [0.25, 0.3) is 0 Å². The SMILES string of the molecule is CC(Cn1cccn1)NCC(O)c1ccccc1Cl. The molecule has 0 aliphatic carbocycles. The summed E-state index contributed by atoms with van der Waals surface area (Å²) in [6, 6.07) is 9.46. The van der Waals surface area contributed by atoms with Gasteiger partial charge in [-0.2, -0.15) is 5.10 Å². The first-order valence-corrected chi connectivity index (χ1v) is 6.68. The Morgan fingerprint density at radius 3 is 2.84 bits per heavy atom. The minimum atomic E-state index is -0.603. The normalized spacial score (nSPS) is 14.3. The molecule has 1 aromatic heterocycles. The number of nitrogens with one attached hydrogen (secondary N) is 1. The largest absolute Gasteiger partial charge is 0.387 e. The van der Waals surface area contributed by atoms with E-state index in [0.29, 0.717) is 11.6 Å². The Bertz CT molecular complexity index is 501. The molecular formula is C14H18ClN3O. The predicted molar refractivity (Wildman–Crippen MR) is 76.1 cm³/mol. The lowest BCUT2D eigenvalue weighted by molar-refractivity contribution is 0.169. The van der Waals surface area contributed by atoms with Gasteiger partial charge in [-0.25, -0.2) is 0 Å². The minimum Gasteiger partial charge on any atom is -0.387 e. The lowest BCUT2D eigenvalue weighted by atomic mass is 10.1. The van der Waals surface area contributed by atoms with Crippen LogP contribution >= 0.6 is 11.6 Å². The van der Waals surface area contributed by atoms with Gasteiger partial charge in [-0.3, -0.25) is 4.68 Å². The van der Waals surface area contributed by atoms with Crippen molar-refractivity contribution in [3.63, 3.8) is 0 Å². The van der Waals surface area contributed by atoms with E-state index in [0.717, 1.165) is 12.1 Å². The molecule has 0 radical (unpaired) electrons. The molecule has 5 heteroatoms. The first-order chi connectivity index (χ1) is 9.16. The second kappa shape index (κ2) is 6.70.